The molecule has 4 rings (SSSR count). The first-order valence-electron chi connectivity index (χ1n) is 15.0. The van der Waals surface area contributed by atoms with E-state index in [1.54, 1.807) is 54.6 Å². The molecule has 46 heavy (non-hydrogen) atoms. The number of nitrogens with zero attached hydrogens (tertiary/aromatic N) is 2. The van der Waals surface area contributed by atoms with Gasteiger partial charge in [0.1, 0.15) is 18.3 Å². The fourth-order valence-corrected chi connectivity index (χ4v) is 6.70. The summed E-state index contributed by atoms with van der Waals surface area (Å²) in [6.45, 7) is 6.76. The van der Waals surface area contributed by atoms with Crippen LogP contribution in [0.1, 0.15) is 36.1 Å². The number of sulfonamides is 1. The topological polar surface area (TPSA) is 96.0 Å². The molecule has 0 spiro atoms. The van der Waals surface area contributed by atoms with Gasteiger partial charge in [0.05, 0.1) is 17.7 Å². The molecular formula is C36H40ClN3O5S. The van der Waals surface area contributed by atoms with Gasteiger partial charge in [-0.05, 0) is 74.7 Å². The Morgan fingerprint density at radius 2 is 1.50 bits per heavy atom. The molecule has 8 nitrogen and oxygen atoms in total. The quantitative estimate of drug-likeness (QED) is 0.181. The first-order chi connectivity index (χ1) is 21.9. The second kappa shape index (κ2) is 15.3. The summed E-state index contributed by atoms with van der Waals surface area (Å²) in [6.07, 6.45) is 0.202. The first kappa shape index (κ1) is 34.5. The molecule has 0 fully saturated rings. The third-order valence-corrected chi connectivity index (χ3v) is 9.63. The highest BCUT2D eigenvalue weighted by Crippen LogP contribution is 2.34. The van der Waals surface area contributed by atoms with E-state index in [1.165, 1.54) is 24.1 Å². The van der Waals surface area contributed by atoms with Gasteiger partial charge < -0.3 is 15.0 Å². The molecule has 0 unspecified atom stereocenters. The smallest absolute Gasteiger partial charge is 0.264 e. The van der Waals surface area contributed by atoms with Crippen LogP contribution in [0.25, 0.3) is 0 Å². The summed E-state index contributed by atoms with van der Waals surface area (Å²) in [6, 6.07) is 26.9. The molecule has 0 aliphatic rings. The van der Waals surface area contributed by atoms with Crippen molar-refractivity contribution in [1.29, 1.82) is 0 Å². The molecule has 1 N–H and O–H groups in total. The standard InChI is InChI=1S/C36H40ClN3O5S/c1-25(2)38-36(42)33(22-28-11-7-6-8-12-28)39(23-29-13-9-10-14-31(29)37)35(41)24-40(32-21-27(4)17-20-34(32)45-5)46(43,44)30-18-15-26(3)16-19-30/h6-21,25,33H,22-24H2,1-5H3,(H,38,42)/t33-/m1/s1. The summed E-state index contributed by atoms with van der Waals surface area (Å²) in [5.74, 6) is -0.663. The number of rotatable bonds is 13. The van der Waals surface area contributed by atoms with Crippen LogP contribution >= 0.6 is 11.6 Å². The van der Waals surface area contributed by atoms with Gasteiger partial charge in [0, 0.05) is 24.0 Å². The van der Waals surface area contributed by atoms with Gasteiger partial charge in [0.15, 0.2) is 0 Å². The summed E-state index contributed by atoms with van der Waals surface area (Å²) in [5, 5.41) is 3.38. The third kappa shape index (κ3) is 8.47. The largest absolute Gasteiger partial charge is 0.495 e. The van der Waals surface area contributed by atoms with Crippen LogP contribution in [0, 0.1) is 13.8 Å². The highest BCUT2D eigenvalue weighted by molar-refractivity contribution is 7.92. The van der Waals surface area contributed by atoms with Gasteiger partial charge >= 0.3 is 0 Å². The van der Waals surface area contributed by atoms with Crippen molar-refractivity contribution in [3.05, 3.63) is 124 Å². The van der Waals surface area contributed by atoms with Gasteiger partial charge in [-0.3, -0.25) is 13.9 Å². The molecule has 0 aromatic heterocycles. The zero-order valence-electron chi connectivity index (χ0n) is 26.7. The van der Waals surface area contributed by atoms with Gasteiger partial charge in [0.2, 0.25) is 11.8 Å². The lowest BCUT2D eigenvalue weighted by atomic mass is 10.0. The van der Waals surface area contributed by atoms with E-state index in [4.69, 9.17) is 16.3 Å². The van der Waals surface area contributed by atoms with Gasteiger partial charge in [-0.15, -0.1) is 0 Å². The lowest BCUT2D eigenvalue weighted by molar-refractivity contribution is -0.140. The van der Waals surface area contributed by atoms with Crippen LogP contribution < -0.4 is 14.4 Å². The molecule has 4 aromatic carbocycles. The van der Waals surface area contributed by atoms with Crippen LogP contribution in [0.4, 0.5) is 5.69 Å². The minimum absolute atomic E-state index is 0.0190. The molecule has 0 saturated carbocycles. The van der Waals surface area contributed by atoms with E-state index in [1.807, 2.05) is 58.0 Å². The molecule has 0 aliphatic carbocycles. The second-order valence-corrected chi connectivity index (χ2v) is 13.8. The van der Waals surface area contributed by atoms with Crippen molar-refractivity contribution in [2.45, 2.75) is 57.6 Å². The van der Waals surface area contributed by atoms with Crippen LogP contribution in [-0.4, -0.2) is 50.9 Å². The molecule has 0 aliphatic heterocycles. The lowest BCUT2D eigenvalue weighted by Gasteiger charge is -2.34. The minimum Gasteiger partial charge on any atom is -0.495 e. The number of benzene rings is 4. The second-order valence-electron chi connectivity index (χ2n) is 11.5. The van der Waals surface area contributed by atoms with E-state index in [9.17, 15) is 18.0 Å². The number of amides is 2. The average molecular weight is 662 g/mol. The van der Waals surface area contributed by atoms with E-state index in [0.717, 1.165) is 21.0 Å². The molecule has 4 aromatic rings. The highest BCUT2D eigenvalue weighted by atomic mass is 35.5. The van der Waals surface area contributed by atoms with E-state index < -0.39 is 28.5 Å². The van der Waals surface area contributed by atoms with Crippen molar-refractivity contribution < 1.29 is 22.7 Å². The number of nitrogens with one attached hydrogen (secondary N) is 1. The van der Waals surface area contributed by atoms with Gasteiger partial charge in [0.25, 0.3) is 10.0 Å². The number of carbonyl (C=O) groups excluding carboxylic acids is 2. The molecular weight excluding hydrogens is 622 g/mol. The Balaban J connectivity index is 1.86. The number of carbonyl (C=O) groups is 2. The average Bonchev–Trinajstić information content (AvgIpc) is 3.02. The normalized spacial score (nSPS) is 12.0. The zero-order valence-corrected chi connectivity index (χ0v) is 28.3. The number of aryl methyl sites for hydroxylation is 2. The monoisotopic (exact) mass is 661 g/mol. The Morgan fingerprint density at radius 3 is 2.13 bits per heavy atom. The fourth-order valence-electron chi connectivity index (χ4n) is 5.09. The van der Waals surface area contributed by atoms with Crippen LogP contribution in [0.3, 0.4) is 0 Å². The van der Waals surface area contributed by atoms with Crippen molar-refractivity contribution in [2.24, 2.45) is 0 Å². The molecule has 242 valence electrons. The fraction of sp³-hybridized carbons (Fsp3) is 0.278. The van der Waals surface area contributed by atoms with E-state index in [0.29, 0.717) is 10.6 Å². The number of anilines is 1. The SMILES string of the molecule is COc1ccc(C)cc1N(CC(=O)N(Cc1ccccc1Cl)[C@H](Cc1ccccc1)C(=O)NC(C)C)S(=O)(=O)c1ccc(C)cc1. The number of ether oxygens (including phenoxy) is 1. The van der Waals surface area contributed by atoms with Gasteiger partial charge in [-0.25, -0.2) is 8.42 Å². The summed E-state index contributed by atoms with van der Waals surface area (Å²) in [7, 11) is -2.83. The predicted octanol–water partition coefficient (Wildman–Crippen LogP) is 6.33. The molecule has 0 saturated heterocycles. The molecule has 2 amide bonds. The van der Waals surface area contributed by atoms with Crippen LogP contribution in [0.2, 0.25) is 5.02 Å². The number of hydrogen-bond donors (Lipinski definition) is 1. The zero-order chi connectivity index (χ0) is 33.4. The maximum Gasteiger partial charge on any atom is 0.264 e. The van der Waals surface area contributed by atoms with Gasteiger partial charge in [-0.1, -0.05) is 83.9 Å². The Hall–Kier alpha value is -4.34. The maximum absolute atomic E-state index is 14.6. The summed E-state index contributed by atoms with van der Waals surface area (Å²) in [5.41, 5.74) is 3.33. The Bertz CT molecular complexity index is 1760. The highest BCUT2D eigenvalue weighted by Gasteiger charge is 2.36. The van der Waals surface area contributed by atoms with Crippen molar-refractivity contribution in [1.82, 2.24) is 10.2 Å². The lowest BCUT2D eigenvalue weighted by Crippen LogP contribution is -2.54. The van der Waals surface area contributed by atoms with Crippen molar-refractivity contribution in [3.63, 3.8) is 0 Å². The Kier molecular flexibility index (Phi) is 11.5. The molecule has 0 bridgehead atoms. The van der Waals surface area contributed by atoms with Crippen molar-refractivity contribution >= 4 is 39.1 Å². The van der Waals surface area contributed by atoms with Crippen molar-refractivity contribution in [2.75, 3.05) is 18.0 Å². The number of halogens is 1. The first-order valence-corrected chi connectivity index (χ1v) is 16.8. The minimum atomic E-state index is -4.27. The third-order valence-electron chi connectivity index (χ3n) is 7.49. The number of methoxy groups -OCH3 is 1. The summed E-state index contributed by atoms with van der Waals surface area (Å²) < 4.78 is 35.3. The van der Waals surface area contributed by atoms with Crippen LogP contribution in [0.5, 0.6) is 5.75 Å². The Morgan fingerprint density at radius 1 is 0.870 bits per heavy atom. The number of hydrogen-bond acceptors (Lipinski definition) is 5. The molecule has 0 radical (unpaired) electrons. The molecule has 10 heteroatoms. The molecule has 1 atom stereocenters. The van der Waals surface area contributed by atoms with Crippen LogP contribution in [-0.2, 0) is 32.6 Å². The molecule has 0 heterocycles. The maximum atomic E-state index is 14.6. The summed E-state index contributed by atoms with van der Waals surface area (Å²) >= 11 is 6.56. The van der Waals surface area contributed by atoms with E-state index >= 15 is 0 Å². The van der Waals surface area contributed by atoms with E-state index in [2.05, 4.69) is 5.32 Å². The van der Waals surface area contributed by atoms with Gasteiger partial charge in [-0.2, -0.15) is 0 Å². The van der Waals surface area contributed by atoms with Crippen molar-refractivity contribution in [3.8, 4) is 5.75 Å². The van der Waals surface area contributed by atoms with E-state index in [-0.39, 0.29) is 41.2 Å². The van der Waals surface area contributed by atoms with Crippen LogP contribution in [0.15, 0.2) is 102 Å². The predicted molar refractivity (Wildman–Crippen MR) is 183 cm³/mol. The Labute approximate surface area is 277 Å². The summed E-state index contributed by atoms with van der Waals surface area (Å²) in [4.78, 5) is 29.9.